The van der Waals surface area contributed by atoms with Crippen LogP contribution in [-0.2, 0) is 16.1 Å². The minimum Gasteiger partial charge on any atom is -0.383 e. The smallest absolute Gasteiger partial charge is 0.253 e. The molecule has 6 heteroatoms. The number of hydrogen-bond donors (Lipinski definition) is 2. The van der Waals surface area contributed by atoms with Gasteiger partial charge in [0.1, 0.15) is 6.10 Å². The van der Waals surface area contributed by atoms with Crippen molar-refractivity contribution in [2.45, 2.75) is 63.7 Å². The Bertz CT molecular complexity index is 491. The number of amides is 1. The summed E-state index contributed by atoms with van der Waals surface area (Å²) in [6.45, 7) is 1.53. The third-order valence-corrected chi connectivity index (χ3v) is 4.68. The van der Waals surface area contributed by atoms with E-state index in [9.17, 15) is 9.90 Å². The molecule has 2 N–H and O–H groups in total. The zero-order chi connectivity index (χ0) is 15.4. The molecule has 1 amide bonds. The second kappa shape index (κ2) is 7.24. The molecule has 2 atom stereocenters. The maximum Gasteiger partial charge on any atom is 0.253 e. The molecule has 2 heterocycles. The number of aliphatic hydroxyl groups is 1. The van der Waals surface area contributed by atoms with Gasteiger partial charge in [0.05, 0.1) is 24.5 Å². The molecule has 1 saturated carbocycles. The topological polar surface area (TPSA) is 76.4 Å². The Morgan fingerprint density at radius 3 is 2.91 bits per heavy atom. The molecule has 3 rings (SSSR count). The summed E-state index contributed by atoms with van der Waals surface area (Å²) >= 11 is 0. The number of anilines is 1. The second-order valence-corrected chi connectivity index (χ2v) is 6.42. The highest BCUT2D eigenvalue weighted by atomic mass is 16.5. The standard InChI is InChI=1S/C16H25N3O3/c20-15(12-5-2-1-3-6-12)16(21)18-13-9-17-19(10-13)11-14-7-4-8-22-14/h9-10,12,14-15,20H,1-8,11H2,(H,18,21). The van der Waals surface area contributed by atoms with Crippen molar-refractivity contribution in [1.29, 1.82) is 0 Å². The monoisotopic (exact) mass is 307 g/mol. The van der Waals surface area contributed by atoms with Crippen LogP contribution in [0.4, 0.5) is 5.69 Å². The molecule has 2 unspecified atom stereocenters. The van der Waals surface area contributed by atoms with E-state index in [4.69, 9.17) is 4.74 Å². The van der Waals surface area contributed by atoms with Crippen molar-refractivity contribution in [2.75, 3.05) is 11.9 Å². The van der Waals surface area contributed by atoms with Gasteiger partial charge in [0, 0.05) is 12.8 Å². The number of nitrogens with zero attached hydrogens (tertiary/aromatic N) is 2. The Morgan fingerprint density at radius 2 is 2.18 bits per heavy atom. The summed E-state index contributed by atoms with van der Waals surface area (Å²) in [7, 11) is 0. The van der Waals surface area contributed by atoms with Gasteiger partial charge in [-0.1, -0.05) is 19.3 Å². The lowest BCUT2D eigenvalue weighted by molar-refractivity contribution is -0.127. The highest BCUT2D eigenvalue weighted by Crippen LogP contribution is 2.27. The first-order valence-corrected chi connectivity index (χ1v) is 8.35. The lowest BCUT2D eigenvalue weighted by atomic mass is 9.85. The van der Waals surface area contributed by atoms with Crippen LogP contribution in [0.3, 0.4) is 0 Å². The quantitative estimate of drug-likeness (QED) is 0.871. The summed E-state index contributed by atoms with van der Waals surface area (Å²) < 4.78 is 7.37. The second-order valence-electron chi connectivity index (χ2n) is 6.42. The van der Waals surface area contributed by atoms with E-state index in [0.717, 1.165) is 45.1 Å². The predicted octanol–water partition coefficient (Wildman–Crippen LogP) is 1.94. The van der Waals surface area contributed by atoms with Gasteiger partial charge in [-0.3, -0.25) is 9.48 Å². The maximum absolute atomic E-state index is 12.1. The minimum absolute atomic E-state index is 0.0932. The van der Waals surface area contributed by atoms with Gasteiger partial charge >= 0.3 is 0 Å². The maximum atomic E-state index is 12.1. The summed E-state index contributed by atoms with van der Waals surface area (Å²) in [5.41, 5.74) is 0.637. The van der Waals surface area contributed by atoms with Crippen LogP contribution in [0, 0.1) is 5.92 Å². The lowest BCUT2D eigenvalue weighted by Crippen LogP contribution is -2.35. The fraction of sp³-hybridized carbons (Fsp3) is 0.750. The summed E-state index contributed by atoms with van der Waals surface area (Å²) in [4.78, 5) is 12.1. The molecule has 0 bridgehead atoms. The Balaban J connectivity index is 1.51. The largest absolute Gasteiger partial charge is 0.383 e. The third kappa shape index (κ3) is 3.87. The molecule has 2 aliphatic rings. The van der Waals surface area contributed by atoms with Gasteiger partial charge in [0.25, 0.3) is 5.91 Å². The van der Waals surface area contributed by atoms with Crippen LogP contribution in [-0.4, -0.2) is 39.6 Å². The van der Waals surface area contributed by atoms with Crippen molar-refractivity contribution >= 4 is 11.6 Å². The van der Waals surface area contributed by atoms with Gasteiger partial charge < -0.3 is 15.2 Å². The number of rotatable bonds is 5. The van der Waals surface area contributed by atoms with Crippen LogP contribution >= 0.6 is 0 Å². The number of aliphatic hydroxyl groups excluding tert-OH is 1. The van der Waals surface area contributed by atoms with E-state index in [1.807, 2.05) is 0 Å². The lowest BCUT2D eigenvalue weighted by Gasteiger charge is -2.25. The molecule has 0 aromatic carbocycles. The molecule has 22 heavy (non-hydrogen) atoms. The molecule has 1 aliphatic heterocycles. The van der Waals surface area contributed by atoms with Gasteiger partial charge in [-0.25, -0.2) is 0 Å². The van der Waals surface area contributed by atoms with Crippen molar-refractivity contribution in [1.82, 2.24) is 9.78 Å². The Morgan fingerprint density at radius 1 is 1.36 bits per heavy atom. The van der Waals surface area contributed by atoms with Crippen molar-refractivity contribution < 1.29 is 14.6 Å². The average molecular weight is 307 g/mol. The fourth-order valence-electron chi connectivity index (χ4n) is 3.41. The summed E-state index contributed by atoms with van der Waals surface area (Å²) in [5, 5.41) is 17.2. The summed E-state index contributed by atoms with van der Waals surface area (Å²) in [6.07, 6.45) is 10.2. The van der Waals surface area contributed by atoms with Gasteiger partial charge in [0.15, 0.2) is 0 Å². The average Bonchev–Trinajstić information content (AvgIpc) is 3.20. The van der Waals surface area contributed by atoms with Gasteiger partial charge in [-0.2, -0.15) is 5.10 Å². The Kier molecular flexibility index (Phi) is 5.10. The molecule has 0 spiro atoms. The summed E-state index contributed by atoms with van der Waals surface area (Å²) in [6, 6.07) is 0. The number of aromatic nitrogens is 2. The number of carbonyl (C=O) groups is 1. The first kappa shape index (κ1) is 15.5. The van der Waals surface area contributed by atoms with Crippen LogP contribution in [0.1, 0.15) is 44.9 Å². The Labute approximate surface area is 130 Å². The van der Waals surface area contributed by atoms with Crippen LogP contribution in [0.5, 0.6) is 0 Å². The molecule has 2 fully saturated rings. The van der Waals surface area contributed by atoms with E-state index < -0.39 is 6.10 Å². The third-order valence-electron chi connectivity index (χ3n) is 4.68. The SMILES string of the molecule is O=C(Nc1cnn(CC2CCCO2)c1)C(O)C1CCCCC1. The van der Waals surface area contributed by atoms with E-state index in [1.165, 1.54) is 6.42 Å². The first-order valence-electron chi connectivity index (χ1n) is 8.35. The van der Waals surface area contributed by atoms with Gasteiger partial charge in [-0.15, -0.1) is 0 Å². The molecule has 1 aromatic rings. The molecule has 1 saturated heterocycles. The molecule has 0 radical (unpaired) electrons. The highest BCUT2D eigenvalue weighted by Gasteiger charge is 2.27. The zero-order valence-electron chi connectivity index (χ0n) is 12.9. The zero-order valence-corrected chi connectivity index (χ0v) is 12.9. The Hall–Kier alpha value is -1.40. The van der Waals surface area contributed by atoms with Gasteiger partial charge in [0.2, 0.25) is 0 Å². The van der Waals surface area contributed by atoms with Crippen molar-refractivity contribution in [3.63, 3.8) is 0 Å². The van der Waals surface area contributed by atoms with Crippen molar-refractivity contribution in [2.24, 2.45) is 5.92 Å². The van der Waals surface area contributed by atoms with E-state index in [0.29, 0.717) is 12.2 Å². The molecule has 122 valence electrons. The van der Waals surface area contributed by atoms with E-state index in [1.54, 1.807) is 17.1 Å². The minimum atomic E-state index is -0.915. The van der Waals surface area contributed by atoms with Crippen molar-refractivity contribution in [3.8, 4) is 0 Å². The first-order chi connectivity index (χ1) is 10.7. The predicted molar refractivity (Wildman–Crippen MR) is 82.4 cm³/mol. The number of nitrogens with one attached hydrogen (secondary N) is 1. The molecule has 1 aromatic heterocycles. The number of carbonyl (C=O) groups excluding carboxylic acids is 1. The number of ether oxygens (including phenoxy) is 1. The van der Waals surface area contributed by atoms with Crippen LogP contribution in [0.2, 0.25) is 0 Å². The fourth-order valence-corrected chi connectivity index (χ4v) is 3.41. The molecular formula is C16H25N3O3. The summed E-state index contributed by atoms with van der Waals surface area (Å²) in [5.74, 6) is -0.223. The van der Waals surface area contributed by atoms with E-state index in [-0.39, 0.29) is 17.9 Å². The normalized spacial score (nSPS) is 24.3. The molecule has 6 nitrogen and oxygen atoms in total. The van der Waals surface area contributed by atoms with Crippen LogP contribution in [0.25, 0.3) is 0 Å². The van der Waals surface area contributed by atoms with Crippen LogP contribution < -0.4 is 5.32 Å². The number of hydrogen-bond acceptors (Lipinski definition) is 4. The van der Waals surface area contributed by atoms with E-state index in [2.05, 4.69) is 10.4 Å². The van der Waals surface area contributed by atoms with Crippen molar-refractivity contribution in [3.05, 3.63) is 12.4 Å². The molecule has 1 aliphatic carbocycles. The molecular weight excluding hydrogens is 282 g/mol. The van der Waals surface area contributed by atoms with Crippen LogP contribution in [0.15, 0.2) is 12.4 Å². The van der Waals surface area contributed by atoms with Gasteiger partial charge in [-0.05, 0) is 31.6 Å². The highest BCUT2D eigenvalue weighted by molar-refractivity contribution is 5.93. The van der Waals surface area contributed by atoms with E-state index >= 15 is 0 Å².